The average molecular weight is 321 g/mol. The minimum Gasteiger partial charge on any atom is -0.344 e. The highest BCUT2D eigenvalue weighted by atomic mass is 35.5. The summed E-state index contributed by atoms with van der Waals surface area (Å²) in [6.45, 7) is 1.22. The van der Waals surface area contributed by atoms with Gasteiger partial charge in [0, 0.05) is 38.5 Å². The molecule has 7 heteroatoms. The molecule has 0 unspecified atom stereocenters. The summed E-state index contributed by atoms with van der Waals surface area (Å²) in [6, 6.07) is 2.98. The number of hydrogen-bond acceptors (Lipinski definition) is 3. The summed E-state index contributed by atoms with van der Waals surface area (Å²) in [4.78, 5) is 25.0. The average Bonchev–Trinajstić information content (AvgIpc) is 2.44. The zero-order valence-corrected chi connectivity index (χ0v) is 12.8. The molecule has 0 aliphatic heterocycles. The molecule has 0 heterocycles. The molecule has 0 radical (unpaired) electrons. The van der Waals surface area contributed by atoms with Crippen molar-refractivity contribution in [2.75, 3.05) is 27.2 Å². The Hall–Kier alpha value is -1.53. The number of nitrogens with one attached hydrogen (secondary N) is 1. The van der Waals surface area contributed by atoms with Crippen LogP contribution in [0.15, 0.2) is 18.2 Å². The molecular weight excluding hydrogens is 302 g/mol. The Morgan fingerprint density at radius 1 is 1.19 bits per heavy atom. The van der Waals surface area contributed by atoms with Crippen molar-refractivity contribution >= 4 is 24.1 Å². The van der Waals surface area contributed by atoms with Crippen molar-refractivity contribution in [2.45, 2.75) is 12.8 Å². The Kier molecular flexibility index (Phi) is 8.73. The van der Waals surface area contributed by atoms with Gasteiger partial charge in [0.1, 0.15) is 0 Å². The number of nitrogens with zero attached hydrogens (tertiary/aromatic N) is 1. The number of hydrogen-bond donors (Lipinski definition) is 1. The highest BCUT2D eigenvalue weighted by molar-refractivity contribution is 5.97. The topological polar surface area (TPSA) is 49.4 Å². The summed E-state index contributed by atoms with van der Waals surface area (Å²) < 4.78 is 25.7. The summed E-state index contributed by atoms with van der Waals surface area (Å²) in [7, 11) is 3.44. The van der Waals surface area contributed by atoms with Crippen LogP contribution in [0, 0.1) is 11.6 Å². The largest absolute Gasteiger partial charge is 0.344 e. The Morgan fingerprint density at radius 2 is 1.86 bits per heavy atom. The van der Waals surface area contributed by atoms with Crippen LogP contribution < -0.4 is 5.32 Å². The summed E-state index contributed by atoms with van der Waals surface area (Å²) in [5, 5.41) is 2.92. The van der Waals surface area contributed by atoms with E-state index < -0.39 is 11.6 Å². The number of carbonyl (C=O) groups is 2. The minimum absolute atomic E-state index is 0. The fraction of sp³-hybridized carbons (Fsp3) is 0.429. The SMILES string of the molecule is CNCCN(C)C(=O)CCC(=O)c1ccc(F)c(F)c1.Cl. The maximum Gasteiger partial charge on any atom is 0.222 e. The van der Waals surface area contributed by atoms with Crippen molar-refractivity contribution in [2.24, 2.45) is 0 Å². The molecule has 21 heavy (non-hydrogen) atoms. The minimum atomic E-state index is -1.06. The van der Waals surface area contributed by atoms with Crippen LogP contribution in [0.1, 0.15) is 23.2 Å². The van der Waals surface area contributed by atoms with E-state index in [0.29, 0.717) is 13.1 Å². The molecule has 0 atom stereocenters. The van der Waals surface area contributed by atoms with Gasteiger partial charge in [0.05, 0.1) is 0 Å². The molecule has 0 aliphatic carbocycles. The van der Waals surface area contributed by atoms with E-state index in [2.05, 4.69) is 5.32 Å². The number of ketones is 1. The zero-order chi connectivity index (χ0) is 15.1. The summed E-state index contributed by atoms with van der Waals surface area (Å²) in [5.41, 5.74) is 0.0783. The summed E-state index contributed by atoms with van der Waals surface area (Å²) in [6.07, 6.45) is 0.0336. The lowest BCUT2D eigenvalue weighted by molar-refractivity contribution is -0.129. The molecule has 1 N–H and O–H groups in total. The van der Waals surface area contributed by atoms with Gasteiger partial charge in [-0.15, -0.1) is 12.4 Å². The fourth-order valence-electron chi connectivity index (χ4n) is 1.63. The van der Waals surface area contributed by atoms with Crippen LogP contribution in [0.5, 0.6) is 0 Å². The van der Waals surface area contributed by atoms with Crippen molar-refractivity contribution in [1.82, 2.24) is 10.2 Å². The molecular formula is C14H19ClF2N2O2. The third-order valence-corrected chi connectivity index (χ3v) is 2.93. The van der Waals surface area contributed by atoms with E-state index in [0.717, 1.165) is 12.1 Å². The van der Waals surface area contributed by atoms with Gasteiger partial charge in [-0.05, 0) is 25.2 Å². The molecule has 1 aromatic carbocycles. The molecule has 1 aromatic rings. The molecule has 0 saturated heterocycles. The van der Waals surface area contributed by atoms with Crippen molar-refractivity contribution < 1.29 is 18.4 Å². The third-order valence-electron chi connectivity index (χ3n) is 2.93. The van der Waals surface area contributed by atoms with E-state index in [-0.39, 0.29) is 42.5 Å². The van der Waals surface area contributed by atoms with Gasteiger partial charge < -0.3 is 10.2 Å². The molecule has 0 aliphatic rings. The lowest BCUT2D eigenvalue weighted by Crippen LogP contribution is -2.32. The van der Waals surface area contributed by atoms with Crippen LogP contribution in [0.4, 0.5) is 8.78 Å². The number of rotatable bonds is 7. The van der Waals surface area contributed by atoms with Crippen molar-refractivity contribution in [1.29, 1.82) is 0 Å². The molecule has 0 saturated carbocycles. The van der Waals surface area contributed by atoms with Gasteiger partial charge in [0.15, 0.2) is 17.4 Å². The van der Waals surface area contributed by atoms with Crippen LogP contribution in [0.3, 0.4) is 0 Å². The second-order valence-electron chi connectivity index (χ2n) is 4.47. The second-order valence-corrected chi connectivity index (χ2v) is 4.47. The molecule has 1 rings (SSSR count). The Balaban J connectivity index is 0.00000400. The number of amides is 1. The van der Waals surface area contributed by atoms with Crippen LogP contribution >= 0.6 is 12.4 Å². The van der Waals surface area contributed by atoms with Gasteiger partial charge >= 0.3 is 0 Å². The van der Waals surface area contributed by atoms with Gasteiger partial charge in [-0.2, -0.15) is 0 Å². The molecule has 4 nitrogen and oxygen atoms in total. The van der Waals surface area contributed by atoms with E-state index in [4.69, 9.17) is 0 Å². The van der Waals surface area contributed by atoms with E-state index in [1.54, 1.807) is 14.1 Å². The van der Waals surface area contributed by atoms with E-state index in [9.17, 15) is 18.4 Å². The molecule has 0 bridgehead atoms. The summed E-state index contributed by atoms with van der Waals surface area (Å²) >= 11 is 0. The number of halogens is 3. The fourth-order valence-corrected chi connectivity index (χ4v) is 1.63. The first-order valence-corrected chi connectivity index (χ1v) is 6.32. The second kappa shape index (κ2) is 9.41. The van der Waals surface area contributed by atoms with Gasteiger partial charge in [-0.25, -0.2) is 8.78 Å². The molecule has 118 valence electrons. The maximum absolute atomic E-state index is 13.0. The molecule has 1 amide bonds. The highest BCUT2D eigenvalue weighted by Gasteiger charge is 2.14. The van der Waals surface area contributed by atoms with Crippen LogP contribution in [-0.4, -0.2) is 43.8 Å². The number of likely N-dealkylation sites (N-methyl/N-ethyl adjacent to an activating group) is 2. The number of benzene rings is 1. The molecule has 0 spiro atoms. The third kappa shape index (κ3) is 6.18. The van der Waals surface area contributed by atoms with Gasteiger partial charge in [0.25, 0.3) is 0 Å². The number of Topliss-reactive ketones (excluding diaryl/α,β-unsaturated/α-hetero) is 1. The molecule has 0 aromatic heterocycles. The number of carbonyl (C=O) groups excluding carboxylic acids is 2. The Bertz CT molecular complexity index is 498. The quantitative estimate of drug-likeness (QED) is 0.782. The molecule has 0 fully saturated rings. The lowest BCUT2D eigenvalue weighted by Gasteiger charge is -2.16. The van der Waals surface area contributed by atoms with E-state index in [1.165, 1.54) is 11.0 Å². The zero-order valence-electron chi connectivity index (χ0n) is 12.0. The Morgan fingerprint density at radius 3 is 2.43 bits per heavy atom. The first kappa shape index (κ1) is 19.5. The van der Waals surface area contributed by atoms with Gasteiger partial charge in [-0.3, -0.25) is 9.59 Å². The van der Waals surface area contributed by atoms with Crippen molar-refractivity contribution in [3.8, 4) is 0 Å². The normalized spacial score (nSPS) is 9.90. The van der Waals surface area contributed by atoms with Crippen LogP contribution in [-0.2, 0) is 4.79 Å². The smallest absolute Gasteiger partial charge is 0.222 e. The van der Waals surface area contributed by atoms with Crippen molar-refractivity contribution in [3.05, 3.63) is 35.4 Å². The van der Waals surface area contributed by atoms with Crippen LogP contribution in [0.2, 0.25) is 0 Å². The predicted octanol–water partition coefficient (Wildman–Crippen LogP) is 2.03. The first-order valence-electron chi connectivity index (χ1n) is 6.32. The maximum atomic E-state index is 13.0. The summed E-state index contributed by atoms with van der Waals surface area (Å²) in [5.74, 6) is -2.59. The van der Waals surface area contributed by atoms with Crippen LogP contribution in [0.25, 0.3) is 0 Å². The van der Waals surface area contributed by atoms with Gasteiger partial charge in [-0.1, -0.05) is 0 Å². The predicted molar refractivity (Wildman–Crippen MR) is 78.7 cm³/mol. The highest BCUT2D eigenvalue weighted by Crippen LogP contribution is 2.11. The van der Waals surface area contributed by atoms with E-state index in [1.807, 2.05) is 0 Å². The first-order chi connectivity index (χ1) is 9.45. The Labute approximate surface area is 128 Å². The van der Waals surface area contributed by atoms with Crippen molar-refractivity contribution in [3.63, 3.8) is 0 Å². The monoisotopic (exact) mass is 320 g/mol. The standard InChI is InChI=1S/C14H18F2N2O2.ClH/c1-17-7-8-18(2)14(20)6-5-13(19)10-3-4-11(15)12(16)9-10;/h3-4,9,17H,5-8H2,1-2H3;1H. The van der Waals surface area contributed by atoms with E-state index >= 15 is 0 Å². The van der Waals surface area contributed by atoms with Gasteiger partial charge in [0.2, 0.25) is 5.91 Å². The lowest BCUT2D eigenvalue weighted by atomic mass is 10.1.